The topological polar surface area (TPSA) is 49.3 Å². The molecule has 1 rings (SSSR count). The molecule has 0 aliphatic rings. The molecule has 1 amide bonds. The number of carbonyl (C=O) groups is 1. The maximum Gasteiger partial charge on any atom is 0.223 e. The normalized spacial score (nSPS) is 15.6. The second-order valence-corrected chi connectivity index (χ2v) is 5.25. The van der Waals surface area contributed by atoms with Crippen LogP contribution < -0.4 is 5.32 Å². The van der Waals surface area contributed by atoms with Crippen LogP contribution in [0.5, 0.6) is 0 Å². The Morgan fingerprint density at radius 1 is 1.26 bits per heavy atom. The van der Waals surface area contributed by atoms with Gasteiger partial charge < -0.3 is 10.4 Å². The Balaban J connectivity index is 2.55. The van der Waals surface area contributed by atoms with Gasteiger partial charge in [-0.05, 0) is 17.9 Å². The average Bonchev–Trinajstić information content (AvgIpc) is 2.45. The molecule has 0 spiro atoms. The molecule has 0 bridgehead atoms. The number of hydrogen-bond donors (Lipinski definition) is 2. The molecule has 1 unspecified atom stereocenters. The number of nitrogens with one attached hydrogen (secondary N) is 1. The van der Waals surface area contributed by atoms with Gasteiger partial charge in [0.15, 0.2) is 0 Å². The van der Waals surface area contributed by atoms with Crippen LogP contribution in [-0.2, 0) is 11.2 Å². The lowest BCUT2D eigenvalue weighted by Crippen LogP contribution is -2.43. The van der Waals surface area contributed by atoms with Crippen molar-refractivity contribution >= 4 is 5.91 Å². The minimum atomic E-state index is -0.207. The molecule has 106 valence electrons. The molecule has 3 heteroatoms. The number of carbonyl (C=O) groups excluding carboxylic acids is 1. The predicted molar refractivity (Wildman–Crippen MR) is 77.8 cm³/mol. The molecule has 0 radical (unpaired) electrons. The second kappa shape index (κ2) is 7.95. The summed E-state index contributed by atoms with van der Waals surface area (Å²) < 4.78 is 0. The maximum atomic E-state index is 12.1. The molecular weight excluding hydrogens is 238 g/mol. The van der Waals surface area contributed by atoms with Crippen molar-refractivity contribution in [2.75, 3.05) is 6.61 Å². The van der Waals surface area contributed by atoms with Gasteiger partial charge in [0, 0.05) is 5.92 Å². The highest BCUT2D eigenvalue weighted by Crippen LogP contribution is 2.15. The van der Waals surface area contributed by atoms with E-state index < -0.39 is 0 Å². The Morgan fingerprint density at radius 2 is 1.89 bits per heavy atom. The van der Waals surface area contributed by atoms with Gasteiger partial charge in [0.1, 0.15) is 0 Å². The summed E-state index contributed by atoms with van der Waals surface area (Å²) in [4.78, 5) is 12.1. The highest BCUT2D eigenvalue weighted by Gasteiger charge is 2.21. The zero-order chi connectivity index (χ0) is 14.3. The summed E-state index contributed by atoms with van der Waals surface area (Å²) in [6, 6.07) is 9.70. The number of rotatable bonds is 7. The smallest absolute Gasteiger partial charge is 0.223 e. The first kappa shape index (κ1) is 15.7. The van der Waals surface area contributed by atoms with Crippen LogP contribution in [-0.4, -0.2) is 23.7 Å². The largest absolute Gasteiger partial charge is 0.394 e. The van der Waals surface area contributed by atoms with Crippen molar-refractivity contribution in [3.05, 3.63) is 35.9 Å². The zero-order valence-electron chi connectivity index (χ0n) is 12.1. The van der Waals surface area contributed by atoms with E-state index in [2.05, 4.69) is 19.2 Å². The van der Waals surface area contributed by atoms with Gasteiger partial charge in [-0.3, -0.25) is 4.79 Å². The van der Waals surface area contributed by atoms with Crippen molar-refractivity contribution in [3.8, 4) is 0 Å². The van der Waals surface area contributed by atoms with E-state index in [-0.39, 0.29) is 24.5 Å². The molecule has 0 saturated carbocycles. The summed E-state index contributed by atoms with van der Waals surface area (Å²) in [7, 11) is 0. The summed E-state index contributed by atoms with van der Waals surface area (Å²) in [5.74, 6) is 0.371. The van der Waals surface area contributed by atoms with Crippen LogP contribution >= 0.6 is 0 Å². The number of hydrogen-bond acceptors (Lipinski definition) is 2. The Labute approximate surface area is 116 Å². The van der Waals surface area contributed by atoms with Gasteiger partial charge in [-0.15, -0.1) is 0 Å². The fourth-order valence-corrected chi connectivity index (χ4v) is 2.00. The fraction of sp³-hybridized carbons (Fsp3) is 0.562. The Bertz CT molecular complexity index is 378. The summed E-state index contributed by atoms with van der Waals surface area (Å²) in [5, 5.41) is 12.3. The highest BCUT2D eigenvalue weighted by atomic mass is 16.3. The van der Waals surface area contributed by atoms with E-state index in [1.54, 1.807) is 0 Å². The lowest BCUT2D eigenvalue weighted by Gasteiger charge is -2.22. The van der Waals surface area contributed by atoms with Crippen molar-refractivity contribution in [1.82, 2.24) is 5.32 Å². The molecule has 1 aromatic rings. The van der Waals surface area contributed by atoms with Crippen LogP contribution in [0.15, 0.2) is 30.3 Å². The molecule has 0 aliphatic heterocycles. The van der Waals surface area contributed by atoms with E-state index in [0.29, 0.717) is 12.3 Å². The Hall–Kier alpha value is -1.35. The molecule has 0 heterocycles. The number of benzene rings is 1. The molecule has 19 heavy (non-hydrogen) atoms. The zero-order valence-corrected chi connectivity index (χ0v) is 12.1. The van der Waals surface area contributed by atoms with Gasteiger partial charge in [0.25, 0.3) is 0 Å². The highest BCUT2D eigenvalue weighted by molar-refractivity contribution is 5.78. The van der Waals surface area contributed by atoms with Crippen molar-refractivity contribution in [3.63, 3.8) is 0 Å². The predicted octanol–water partition coefficient (Wildman–Crippen LogP) is 2.39. The monoisotopic (exact) mass is 263 g/mol. The molecule has 0 aromatic heterocycles. The van der Waals surface area contributed by atoms with Gasteiger partial charge in [-0.1, -0.05) is 57.5 Å². The summed E-state index contributed by atoms with van der Waals surface area (Å²) in [6.45, 7) is 6.08. The minimum Gasteiger partial charge on any atom is -0.394 e. The first-order valence-corrected chi connectivity index (χ1v) is 7.03. The van der Waals surface area contributed by atoms with Gasteiger partial charge in [0.05, 0.1) is 12.6 Å². The van der Waals surface area contributed by atoms with Gasteiger partial charge in [-0.2, -0.15) is 0 Å². The third-order valence-corrected chi connectivity index (χ3v) is 3.80. The first-order chi connectivity index (χ1) is 9.08. The fourth-order valence-electron chi connectivity index (χ4n) is 2.00. The van der Waals surface area contributed by atoms with Crippen LogP contribution in [0, 0.1) is 11.8 Å². The maximum absolute atomic E-state index is 12.1. The van der Waals surface area contributed by atoms with Crippen LogP contribution in [0.4, 0.5) is 0 Å². The standard InChI is InChI=1S/C16H25NO2/c1-4-12(2)13(3)16(19)17-15(11-18)10-14-8-6-5-7-9-14/h5-9,12-13,15,18H,4,10-11H2,1-3H3,(H,17,19)/t12?,13-,15-/m1/s1. The second-order valence-electron chi connectivity index (χ2n) is 5.25. The lowest BCUT2D eigenvalue weighted by molar-refractivity contribution is -0.127. The molecule has 3 nitrogen and oxygen atoms in total. The quantitative estimate of drug-likeness (QED) is 0.793. The van der Waals surface area contributed by atoms with Crippen LogP contribution in [0.2, 0.25) is 0 Å². The van der Waals surface area contributed by atoms with E-state index >= 15 is 0 Å². The van der Waals surface area contributed by atoms with E-state index in [1.807, 2.05) is 37.3 Å². The van der Waals surface area contributed by atoms with Crippen LogP contribution in [0.3, 0.4) is 0 Å². The third-order valence-electron chi connectivity index (χ3n) is 3.80. The van der Waals surface area contributed by atoms with Crippen molar-refractivity contribution < 1.29 is 9.90 Å². The van der Waals surface area contributed by atoms with Crippen LogP contribution in [0.1, 0.15) is 32.8 Å². The van der Waals surface area contributed by atoms with Crippen molar-refractivity contribution in [2.24, 2.45) is 11.8 Å². The molecule has 1 aromatic carbocycles. The van der Waals surface area contributed by atoms with Gasteiger partial charge >= 0.3 is 0 Å². The number of aliphatic hydroxyl groups is 1. The van der Waals surface area contributed by atoms with Gasteiger partial charge in [-0.25, -0.2) is 0 Å². The van der Waals surface area contributed by atoms with Crippen LogP contribution in [0.25, 0.3) is 0 Å². The Morgan fingerprint density at radius 3 is 2.42 bits per heavy atom. The molecule has 0 aliphatic carbocycles. The van der Waals surface area contributed by atoms with Crippen molar-refractivity contribution in [2.45, 2.75) is 39.7 Å². The number of amides is 1. The minimum absolute atomic E-state index is 0.0187. The average molecular weight is 263 g/mol. The molecule has 0 fully saturated rings. The van der Waals surface area contributed by atoms with E-state index in [9.17, 15) is 9.90 Å². The first-order valence-electron chi connectivity index (χ1n) is 7.03. The molecule has 3 atom stereocenters. The molecule has 0 saturated heterocycles. The summed E-state index contributed by atoms with van der Waals surface area (Å²) in [5.41, 5.74) is 1.12. The summed E-state index contributed by atoms with van der Waals surface area (Å²) in [6.07, 6.45) is 1.65. The van der Waals surface area contributed by atoms with Crippen molar-refractivity contribution in [1.29, 1.82) is 0 Å². The molecule has 2 N–H and O–H groups in total. The van der Waals surface area contributed by atoms with E-state index in [0.717, 1.165) is 12.0 Å². The summed E-state index contributed by atoms with van der Waals surface area (Å²) >= 11 is 0. The van der Waals surface area contributed by atoms with E-state index in [1.165, 1.54) is 0 Å². The third kappa shape index (κ3) is 5.03. The number of aliphatic hydroxyl groups excluding tert-OH is 1. The molecular formula is C16H25NO2. The lowest BCUT2D eigenvalue weighted by atomic mass is 9.92. The van der Waals surface area contributed by atoms with Gasteiger partial charge in [0.2, 0.25) is 5.91 Å². The Kier molecular flexibility index (Phi) is 6.57. The SMILES string of the molecule is CCC(C)[C@@H](C)C(=O)N[C@@H](CO)Cc1ccccc1. The van der Waals surface area contributed by atoms with E-state index in [4.69, 9.17) is 0 Å².